The number of aromatic nitrogens is 1. The third kappa shape index (κ3) is 5.13. The first-order chi connectivity index (χ1) is 27.3. The molecule has 0 spiro atoms. The van der Waals surface area contributed by atoms with E-state index in [0.29, 0.717) is 0 Å². The van der Waals surface area contributed by atoms with E-state index in [1.54, 1.807) is 0 Å². The summed E-state index contributed by atoms with van der Waals surface area (Å²) in [5, 5.41) is 7.05. The topological polar surface area (TPSA) is 21.3 Å². The number of nitrogens with zero attached hydrogens (tertiary/aromatic N) is 2. The molecule has 0 atom stereocenters. The molecule has 258 valence electrons. The molecular formula is C52H34N2O. The van der Waals surface area contributed by atoms with E-state index in [9.17, 15) is 0 Å². The highest BCUT2D eigenvalue weighted by atomic mass is 16.3. The molecule has 11 aromatic rings. The number of hydrogen-bond acceptors (Lipinski definition) is 2. The minimum atomic E-state index is 0.898. The second-order valence-electron chi connectivity index (χ2n) is 14.1. The lowest BCUT2D eigenvalue weighted by atomic mass is 9.98. The molecule has 0 bridgehead atoms. The van der Waals surface area contributed by atoms with E-state index in [0.717, 1.165) is 66.7 Å². The number of furan rings is 1. The molecule has 0 amide bonds. The highest BCUT2D eigenvalue weighted by Crippen LogP contribution is 2.43. The molecule has 0 saturated heterocycles. The molecule has 2 aromatic heterocycles. The Balaban J connectivity index is 1.09. The molecular weight excluding hydrogens is 669 g/mol. The first kappa shape index (κ1) is 31.2. The maximum absolute atomic E-state index is 6.54. The van der Waals surface area contributed by atoms with Crippen LogP contribution < -0.4 is 4.90 Å². The predicted octanol–water partition coefficient (Wildman–Crippen LogP) is 14.6. The molecule has 0 aliphatic rings. The van der Waals surface area contributed by atoms with Gasteiger partial charge in [-0.3, -0.25) is 0 Å². The van der Waals surface area contributed by atoms with Gasteiger partial charge in [0.2, 0.25) is 0 Å². The van der Waals surface area contributed by atoms with Gasteiger partial charge in [-0.1, -0.05) is 140 Å². The molecule has 0 N–H and O–H groups in total. The minimum absolute atomic E-state index is 0.898. The molecule has 2 heterocycles. The average Bonchev–Trinajstić information content (AvgIpc) is 3.81. The lowest BCUT2D eigenvalue weighted by Gasteiger charge is -2.26. The zero-order valence-corrected chi connectivity index (χ0v) is 29.9. The van der Waals surface area contributed by atoms with Crippen LogP contribution in [0.25, 0.3) is 82.5 Å². The smallest absolute Gasteiger partial charge is 0.143 e. The molecule has 11 rings (SSSR count). The molecule has 0 saturated carbocycles. The molecule has 0 radical (unpaired) electrons. The lowest BCUT2D eigenvalue weighted by molar-refractivity contribution is 0.673. The monoisotopic (exact) mass is 702 g/mol. The fraction of sp³-hybridized carbons (Fsp3) is 0. The number of anilines is 3. The van der Waals surface area contributed by atoms with Crippen LogP contribution in [0.4, 0.5) is 17.1 Å². The third-order valence-corrected chi connectivity index (χ3v) is 11.0. The minimum Gasteiger partial charge on any atom is -0.455 e. The number of hydrogen-bond donors (Lipinski definition) is 0. The summed E-state index contributed by atoms with van der Waals surface area (Å²) in [6.45, 7) is 0. The van der Waals surface area contributed by atoms with Crippen LogP contribution in [0.1, 0.15) is 0 Å². The van der Waals surface area contributed by atoms with Gasteiger partial charge in [-0.2, -0.15) is 0 Å². The Kier molecular flexibility index (Phi) is 7.17. The van der Waals surface area contributed by atoms with Crippen molar-refractivity contribution in [2.24, 2.45) is 0 Å². The van der Waals surface area contributed by atoms with Crippen molar-refractivity contribution in [3.05, 3.63) is 206 Å². The van der Waals surface area contributed by atoms with Gasteiger partial charge in [0, 0.05) is 49.7 Å². The summed E-state index contributed by atoms with van der Waals surface area (Å²) >= 11 is 0. The van der Waals surface area contributed by atoms with Gasteiger partial charge in [-0.15, -0.1) is 0 Å². The van der Waals surface area contributed by atoms with Gasteiger partial charge in [0.1, 0.15) is 11.2 Å². The first-order valence-corrected chi connectivity index (χ1v) is 18.8. The van der Waals surface area contributed by atoms with Crippen LogP contribution in [0.3, 0.4) is 0 Å². The van der Waals surface area contributed by atoms with Crippen molar-refractivity contribution in [3.8, 4) is 27.9 Å². The van der Waals surface area contributed by atoms with Crippen LogP contribution in [0.2, 0.25) is 0 Å². The van der Waals surface area contributed by atoms with Gasteiger partial charge in [-0.05, 0) is 94.4 Å². The van der Waals surface area contributed by atoms with Crippen LogP contribution in [0, 0.1) is 0 Å². The molecule has 0 aliphatic heterocycles. The molecule has 9 aromatic carbocycles. The normalized spacial score (nSPS) is 11.6. The second-order valence-corrected chi connectivity index (χ2v) is 14.1. The van der Waals surface area contributed by atoms with Gasteiger partial charge >= 0.3 is 0 Å². The Morgan fingerprint density at radius 3 is 1.89 bits per heavy atom. The van der Waals surface area contributed by atoms with E-state index in [1.807, 2.05) is 0 Å². The molecule has 0 unspecified atom stereocenters. The summed E-state index contributed by atoms with van der Waals surface area (Å²) in [4.78, 5) is 2.38. The van der Waals surface area contributed by atoms with Crippen molar-refractivity contribution in [2.45, 2.75) is 0 Å². The van der Waals surface area contributed by atoms with E-state index in [-0.39, 0.29) is 0 Å². The van der Waals surface area contributed by atoms with Crippen molar-refractivity contribution in [1.82, 2.24) is 4.57 Å². The maximum Gasteiger partial charge on any atom is 0.143 e. The van der Waals surface area contributed by atoms with E-state index in [2.05, 4.69) is 216 Å². The lowest BCUT2D eigenvalue weighted by Crippen LogP contribution is -2.10. The largest absolute Gasteiger partial charge is 0.455 e. The standard InChI is InChI=1S/C52H34N2O/c1-3-13-35(14-4-1)38-16-11-19-41(33-38)53(42-30-32-46-45-21-9-10-23-48(45)54(49(46)34-42)39-17-5-2-6-18-39)40-28-25-37(26-29-40)43-22-12-24-50-51(43)47-31-27-36-15-7-8-20-44(36)52(47)55-50/h1-34H. The zero-order valence-electron chi connectivity index (χ0n) is 29.9. The Hall–Kier alpha value is -7.36. The van der Waals surface area contributed by atoms with E-state index in [1.165, 1.54) is 32.8 Å². The van der Waals surface area contributed by atoms with Gasteiger partial charge in [0.05, 0.1) is 11.0 Å². The summed E-state index contributed by atoms with van der Waals surface area (Å²) < 4.78 is 8.93. The summed E-state index contributed by atoms with van der Waals surface area (Å²) in [7, 11) is 0. The quantitative estimate of drug-likeness (QED) is 0.172. The second kappa shape index (κ2) is 12.6. The van der Waals surface area contributed by atoms with Crippen molar-refractivity contribution < 1.29 is 4.42 Å². The number of rotatable bonds is 6. The highest BCUT2D eigenvalue weighted by molar-refractivity contribution is 6.19. The Labute approximate surface area is 318 Å². The predicted molar refractivity (Wildman–Crippen MR) is 231 cm³/mol. The fourth-order valence-corrected chi connectivity index (χ4v) is 8.44. The zero-order chi connectivity index (χ0) is 36.3. The van der Waals surface area contributed by atoms with Crippen LogP contribution >= 0.6 is 0 Å². The molecule has 3 heteroatoms. The summed E-state index contributed by atoms with van der Waals surface area (Å²) in [5.41, 5.74) is 13.2. The van der Waals surface area contributed by atoms with Crippen molar-refractivity contribution in [2.75, 3.05) is 4.90 Å². The number of benzene rings is 9. The van der Waals surface area contributed by atoms with Gasteiger partial charge < -0.3 is 13.9 Å². The summed E-state index contributed by atoms with van der Waals surface area (Å²) in [6.07, 6.45) is 0. The van der Waals surface area contributed by atoms with Crippen LogP contribution in [0.5, 0.6) is 0 Å². The number of fused-ring (bicyclic) bond motifs is 8. The first-order valence-electron chi connectivity index (χ1n) is 18.8. The van der Waals surface area contributed by atoms with Crippen molar-refractivity contribution >= 4 is 71.6 Å². The fourth-order valence-electron chi connectivity index (χ4n) is 8.44. The van der Waals surface area contributed by atoms with Gasteiger partial charge in [0.25, 0.3) is 0 Å². The summed E-state index contributed by atoms with van der Waals surface area (Å²) in [5.74, 6) is 0. The van der Waals surface area contributed by atoms with Gasteiger partial charge in [-0.25, -0.2) is 0 Å². The Morgan fingerprint density at radius 1 is 0.382 bits per heavy atom. The Morgan fingerprint density at radius 2 is 1.04 bits per heavy atom. The van der Waals surface area contributed by atoms with E-state index < -0.39 is 0 Å². The van der Waals surface area contributed by atoms with Crippen LogP contribution in [-0.2, 0) is 0 Å². The molecule has 3 nitrogen and oxygen atoms in total. The summed E-state index contributed by atoms with van der Waals surface area (Å²) in [6, 6.07) is 73.9. The van der Waals surface area contributed by atoms with Crippen molar-refractivity contribution in [3.63, 3.8) is 0 Å². The van der Waals surface area contributed by atoms with Crippen LogP contribution in [0.15, 0.2) is 211 Å². The molecule has 55 heavy (non-hydrogen) atoms. The van der Waals surface area contributed by atoms with Gasteiger partial charge in [0.15, 0.2) is 0 Å². The third-order valence-electron chi connectivity index (χ3n) is 11.0. The highest BCUT2D eigenvalue weighted by Gasteiger charge is 2.19. The number of para-hydroxylation sites is 2. The maximum atomic E-state index is 6.54. The van der Waals surface area contributed by atoms with E-state index in [4.69, 9.17) is 4.42 Å². The van der Waals surface area contributed by atoms with Crippen LogP contribution in [-0.4, -0.2) is 4.57 Å². The van der Waals surface area contributed by atoms with E-state index >= 15 is 0 Å². The SMILES string of the molecule is c1ccc(-c2cccc(N(c3ccc(-c4cccc5oc6c7ccccc7ccc6c45)cc3)c3ccc4c5ccccc5n(-c5ccccc5)c4c3)c2)cc1. The molecule has 0 aliphatic carbocycles. The van der Waals surface area contributed by atoms with Crippen molar-refractivity contribution in [1.29, 1.82) is 0 Å². The molecule has 0 fully saturated rings. The average molecular weight is 703 g/mol. The Bertz CT molecular complexity index is 3190.